The van der Waals surface area contributed by atoms with Gasteiger partial charge in [-0.25, -0.2) is 0 Å². The van der Waals surface area contributed by atoms with Gasteiger partial charge in [-0.1, -0.05) is 11.3 Å². The first-order valence-corrected chi connectivity index (χ1v) is 7.57. The summed E-state index contributed by atoms with van der Waals surface area (Å²) >= 11 is 1.23. The zero-order chi connectivity index (χ0) is 16.7. The fourth-order valence-corrected chi connectivity index (χ4v) is 2.20. The van der Waals surface area contributed by atoms with Gasteiger partial charge in [-0.2, -0.15) is 0 Å². The summed E-state index contributed by atoms with van der Waals surface area (Å²) in [5.41, 5.74) is 1.92. The molecule has 0 aliphatic carbocycles. The van der Waals surface area contributed by atoms with Gasteiger partial charge in [-0.15, -0.1) is 10.2 Å². The van der Waals surface area contributed by atoms with Crippen molar-refractivity contribution < 1.29 is 19.1 Å². The van der Waals surface area contributed by atoms with E-state index in [-0.39, 0.29) is 24.8 Å². The number of carbonyl (C=O) groups excluding carboxylic acids is 2. The van der Waals surface area contributed by atoms with Crippen molar-refractivity contribution in [2.24, 2.45) is 0 Å². The Labute approximate surface area is 136 Å². The van der Waals surface area contributed by atoms with Crippen LogP contribution in [0, 0.1) is 0 Å². The summed E-state index contributed by atoms with van der Waals surface area (Å²) in [6.07, 6.45) is 0.131. The topological polar surface area (TPSA) is 102 Å². The maximum absolute atomic E-state index is 12.1. The van der Waals surface area contributed by atoms with Gasteiger partial charge in [0.1, 0.15) is 17.0 Å². The van der Waals surface area contributed by atoms with Gasteiger partial charge in [0.2, 0.25) is 11.0 Å². The van der Waals surface area contributed by atoms with E-state index in [1.54, 1.807) is 18.2 Å². The molecule has 2 aromatic rings. The zero-order valence-electron chi connectivity index (χ0n) is 12.7. The van der Waals surface area contributed by atoms with E-state index in [0.717, 1.165) is 0 Å². The lowest BCUT2D eigenvalue weighted by Gasteiger charge is -2.09. The molecule has 1 aromatic heterocycles. The molecule has 0 spiro atoms. The minimum Gasteiger partial charge on any atom is -0.497 e. The number of carbonyl (C=O) groups is 2. The summed E-state index contributed by atoms with van der Waals surface area (Å²) in [5.74, 6) is 0.475. The molecule has 9 heteroatoms. The molecule has 0 saturated carbocycles. The Kier molecular flexibility index (Phi) is 5.87. The molecule has 0 unspecified atom stereocenters. The molecule has 2 N–H and O–H groups in total. The van der Waals surface area contributed by atoms with Crippen LogP contribution in [0.1, 0.15) is 16.8 Å². The average Bonchev–Trinajstić information content (AvgIpc) is 3.06. The van der Waals surface area contributed by atoms with Crippen LogP contribution in [-0.4, -0.2) is 42.8 Å². The Hall–Kier alpha value is -2.68. The molecule has 0 atom stereocenters. The Balaban J connectivity index is 1.86. The summed E-state index contributed by atoms with van der Waals surface area (Å²) in [6, 6.07) is 4.87. The monoisotopic (exact) mass is 336 g/mol. The number of aromatic nitrogens is 2. The third-order valence-corrected chi connectivity index (χ3v) is 3.46. The number of methoxy groups -OCH3 is 2. The molecule has 8 nitrogen and oxygen atoms in total. The Morgan fingerprint density at radius 2 is 1.87 bits per heavy atom. The molecule has 2 rings (SSSR count). The van der Waals surface area contributed by atoms with E-state index in [1.165, 1.54) is 31.1 Å². The van der Waals surface area contributed by atoms with Gasteiger partial charge >= 0.3 is 0 Å². The fraction of sp³-hybridized carbons (Fsp3) is 0.286. The van der Waals surface area contributed by atoms with Crippen LogP contribution in [0.2, 0.25) is 0 Å². The summed E-state index contributed by atoms with van der Waals surface area (Å²) in [4.78, 5) is 23.8. The first-order valence-electron chi connectivity index (χ1n) is 6.69. The molecule has 122 valence electrons. The van der Waals surface area contributed by atoms with Crippen molar-refractivity contribution >= 4 is 28.3 Å². The van der Waals surface area contributed by atoms with Crippen molar-refractivity contribution in [2.45, 2.75) is 6.42 Å². The summed E-state index contributed by atoms with van der Waals surface area (Å²) in [7, 11) is 3.02. The lowest BCUT2D eigenvalue weighted by molar-refractivity contribution is -0.116. The SMILES string of the molecule is COc1cc(OC)cc(C(=O)NCCC(=O)Nc2nncs2)c1. The summed E-state index contributed by atoms with van der Waals surface area (Å²) in [5, 5.41) is 13.0. The van der Waals surface area contributed by atoms with Gasteiger partial charge in [0.05, 0.1) is 14.2 Å². The highest BCUT2D eigenvalue weighted by molar-refractivity contribution is 7.13. The van der Waals surface area contributed by atoms with E-state index < -0.39 is 0 Å². The van der Waals surface area contributed by atoms with Crippen LogP contribution in [0.4, 0.5) is 5.13 Å². The number of ether oxygens (including phenoxy) is 2. The third-order valence-electron chi connectivity index (χ3n) is 2.86. The van der Waals surface area contributed by atoms with Crippen LogP contribution >= 0.6 is 11.3 Å². The van der Waals surface area contributed by atoms with E-state index in [4.69, 9.17) is 9.47 Å². The molecule has 2 amide bonds. The lowest BCUT2D eigenvalue weighted by atomic mass is 10.2. The Morgan fingerprint density at radius 3 is 2.43 bits per heavy atom. The van der Waals surface area contributed by atoms with Crippen LogP contribution in [-0.2, 0) is 4.79 Å². The van der Waals surface area contributed by atoms with Crippen LogP contribution in [0.25, 0.3) is 0 Å². The molecule has 0 fully saturated rings. The number of benzene rings is 1. The number of amides is 2. The normalized spacial score (nSPS) is 10.0. The van der Waals surface area contributed by atoms with Crippen LogP contribution in [0.3, 0.4) is 0 Å². The van der Waals surface area contributed by atoms with Gasteiger partial charge in [0.15, 0.2) is 0 Å². The van der Waals surface area contributed by atoms with Crippen molar-refractivity contribution in [3.05, 3.63) is 29.3 Å². The largest absolute Gasteiger partial charge is 0.497 e. The minimum atomic E-state index is -0.314. The highest BCUT2D eigenvalue weighted by Gasteiger charge is 2.11. The molecular formula is C14H16N4O4S. The number of hydrogen-bond donors (Lipinski definition) is 2. The Bertz CT molecular complexity index is 653. The second-order valence-electron chi connectivity index (χ2n) is 4.40. The number of hydrogen-bond acceptors (Lipinski definition) is 7. The van der Waals surface area contributed by atoms with Crippen molar-refractivity contribution in [2.75, 3.05) is 26.1 Å². The first kappa shape index (κ1) is 16.7. The number of rotatable bonds is 7. The van der Waals surface area contributed by atoms with Gasteiger partial charge in [0.25, 0.3) is 5.91 Å². The molecule has 1 aromatic carbocycles. The predicted molar refractivity (Wildman–Crippen MR) is 85.0 cm³/mol. The van der Waals surface area contributed by atoms with E-state index in [0.29, 0.717) is 22.2 Å². The number of nitrogens with one attached hydrogen (secondary N) is 2. The molecule has 0 aliphatic rings. The molecule has 0 radical (unpaired) electrons. The average molecular weight is 336 g/mol. The molecule has 0 bridgehead atoms. The quantitative estimate of drug-likeness (QED) is 0.790. The highest BCUT2D eigenvalue weighted by atomic mass is 32.1. The van der Waals surface area contributed by atoms with Crippen LogP contribution in [0.15, 0.2) is 23.7 Å². The van der Waals surface area contributed by atoms with Gasteiger partial charge in [-0.05, 0) is 12.1 Å². The van der Waals surface area contributed by atoms with Gasteiger partial charge in [0, 0.05) is 24.6 Å². The van der Waals surface area contributed by atoms with E-state index >= 15 is 0 Å². The number of anilines is 1. The van der Waals surface area contributed by atoms with Crippen LogP contribution < -0.4 is 20.1 Å². The van der Waals surface area contributed by atoms with Crippen molar-refractivity contribution in [3.8, 4) is 11.5 Å². The first-order chi connectivity index (χ1) is 11.1. The van der Waals surface area contributed by atoms with Crippen LogP contribution in [0.5, 0.6) is 11.5 Å². The highest BCUT2D eigenvalue weighted by Crippen LogP contribution is 2.22. The molecule has 0 aliphatic heterocycles. The Morgan fingerprint density at radius 1 is 1.17 bits per heavy atom. The predicted octanol–water partition coefficient (Wildman–Crippen LogP) is 1.31. The standard InChI is InChI=1S/C14H16N4O4S/c1-21-10-5-9(6-11(7-10)22-2)13(20)15-4-3-12(19)17-14-18-16-8-23-14/h5-8H,3-4H2,1-2H3,(H,15,20)(H,17,18,19). The molecule has 23 heavy (non-hydrogen) atoms. The van der Waals surface area contributed by atoms with Crippen molar-refractivity contribution in [3.63, 3.8) is 0 Å². The van der Waals surface area contributed by atoms with Crippen molar-refractivity contribution in [1.82, 2.24) is 15.5 Å². The second-order valence-corrected chi connectivity index (χ2v) is 5.23. The fourth-order valence-electron chi connectivity index (χ4n) is 1.74. The van der Waals surface area contributed by atoms with E-state index in [1.807, 2.05) is 0 Å². The van der Waals surface area contributed by atoms with Gasteiger partial charge < -0.3 is 20.1 Å². The van der Waals surface area contributed by atoms with E-state index in [9.17, 15) is 9.59 Å². The smallest absolute Gasteiger partial charge is 0.251 e. The third kappa shape index (κ3) is 4.92. The molecule has 1 heterocycles. The summed E-state index contributed by atoms with van der Waals surface area (Å²) < 4.78 is 10.2. The minimum absolute atomic E-state index is 0.131. The molecular weight excluding hydrogens is 320 g/mol. The second kappa shape index (κ2) is 8.08. The lowest BCUT2D eigenvalue weighted by Crippen LogP contribution is -2.27. The van der Waals surface area contributed by atoms with Gasteiger partial charge in [-0.3, -0.25) is 9.59 Å². The number of nitrogens with zero attached hydrogens (tertiary/aromatic N) is 2. The zero-order valence-corrected chi connectivity index (χ0v) is 13.5. The molecule has 0 saturated heterocycles. The van der Waals surface area contributed by atoms with Crippen molar-refractivity contribution in [1.29, 1.82) is 0 Å². The maximum atomic E-state index is 12.1. The van der Waals surface area contributed by atoms with E-state index in [2.05, 4.69) is 20.8 Å². The summed E-state index contributed by atoms with van der Waals surface area (Å²) in [6.45, 7) is 0.197. The maximum Gasteiger partial charge on any atom is 0.251 e.